The lowest BCUT2D eigenvalue weighted by molar-refractivity contribution is -0.139. The van der Waals surface area contributed by atoms with E-state index in [1.165, 1.54) is 0 Å². The van der Waals surface area contributed by atoms with Crippen molar-refractivity contribution >= 4 is 5.97 Å². The Bertz CT molecular complexity index is 515. The van der Waals surface area contributed by atoms with Crippen molar-refractivity contribution in [3.05, 3.63) is 35.5 Å². The normalized spacial score (nSPS) is 29.0. The summed E-state index contributed by atoms with van der Waals surface area (Å²) in [6, 6.07) is 0. The first-order chi connectivity index (χ1) is 10.9. The van der Waals surface area contributed by atoms with Crippen LogP contribution in [-0.4, -0.2) is 36.5 Å². The molecule has 1 N–H and O–H groups in total. The molecule has 0 aromatic rings. The fourth-order valence-electron chi connectivity index (χ4n) is 3.11. The van der Waals surface area contributed by atoms with Gasteiger partial charge in [0.15, 0.2) is 0 Å². The Kier molecular flexibility index (Phi) is 6.19. The van der Waals surface area contributed by atoms with E-state index in [4.69, 9.17) is 9.47 Å². The monoisotopic (exact) mass is 320 g/mol. The molecule has 0 bridgehead atoms. The quantitative estimate of drug-likeness (QED) is 0.491. The summed E-state index contributed by atoms with van der Waals surface area (Å²) in [5.41, 5.74) is 2.61. The van der Waals surface area contributed by atoms with Gasteiger partial charge in [-0.2, -0.15) is 0 Å². The van der Waals surface area contributed by atoms with E-state index in [9.17, 15) is 9.90 Å². The Balaban J connectivity index is 2.16. The number of aliphatic hydroxyl groups is 1. The van der Waals surface area contributed by atoms with E-state index in [0.717, 1.165) is 24.0 Å². The number of ether oxygens (including phenoxy) is 2. The molecule has 0 aromatic carbocycles. The van der Waals surface area contributed by atoms with Crippen LogP contribution >= 0.6 is 0 Å². The highest BCUT2D eigenvalue weighted by molar-refractivity contribution is 5.91. The van der Waals surface area contributed by atoms with Gasteiger partial charge < -0.3 is 14.6 Å². The predicted molar refractivity (Wildman–Crippen MR) is 89.9 cm³/mol. The van der Waals surface area contributed by atoms with Crippen LogP contribution in [-0.2, 0) is 14.3 Å². The molecular formula is C19H28O4. The van der Waals surface area contributed by atoms with Gasteiger partial charge in [0.1, 0.15) is 6.10 Å². The van der Waals surface area contributed by atoms with Gasteiger partial charge in [-0.1, -0.05) is 38.2 Å². The Morgan fingerprint density at radius 2 is 2.22 bits per heavy atom. The molecule has 3 unspecified atom stereocenters. The molecule has 128 valence electrons. The van der Waals surface area contributed by atoms with Gasteiger partial charge in [0.05, 0.1) is 18.6 Å². The van der Waals surface area contributed by atoms with E-state index >= 15 is 0 Å². The van der Waals surface area contributed by atoms with Crippen LogP contribution < -0.4 is 0 Å². The molecule has 1 aliphatic heterocycles. The van der Waals surface area contributed by atoms with Gasteiger partial charge in [-0.25, -0.2) is 4.79 Å². The summed E-state index contributed by atoms with van der Waals surface area (Å²) in [5.74, 6) is -0.283. The first-order valence-electron chi connectivity index (χ1n) is 8.39. The van der Waals surface area contributed by atoms with Crippen molar-refractivity contribution in [2.75, 3.05) is 13.2 Å². The molecule has 1 fully saturated rings. The van der Waals surface area contributed by atoms with Crippen molar-refractivity contribution < 1.29 is 19.4 Å². The molecule has 0 spiro atoms. The fourth-order valence-corrected chi connectivity index (χ4v) is 3.11. The van der Waals surface area contributed by atoms with Gasteiger partial charge in [0, 0.05) is 18.6 Å². The minimum absolute atomic E-state index is 0.360. The third-order valence-electron chi connectivity index (χ3n) is 4.32. The van der Waals surface area contributed by atoms with Crippen molar-refractivity contribution in [2.45, 2.75) is 52.2 Å². The smallest absolute Gasteiger partial charge is 0.334 e. The van der Waals surface area contributed by atoms with Gasteiger partial charge in [-0.3, -0.25) is 0 Å². The van der Waals surface area contributed by atoms with Gasteiger partial charge >= 0.3 is 5.97 Å². The molecule has 1 aliphatic carbocycles. The van der Waals surface area contributed by atoms with E-state index in [-0.39, 0.29) is 12.0 Å². The highest BCUT2D eigenvalue weighted by atomic mass is 16.6. The van der Waals surface area contributed by atoms with E-state index < -0.39 is 12.1 Å². The lowest BCUT2D eigenvalue weighted by atomic mass is 9.85. The fraction of sp³-hybridized carbons (Fsp3) is 0.632. The van der Waals surface area contributed by atoms with Crippen LogP contribution in [0, 0.1) is 11.8 Å². The highest BCUT2D eigenvalue weighted by Crippen LogP contribution is 2.35. The predicted octanol–water partition coefficient (Wildman–Crippen LogP) is 3.17. The molecule has 4 nitrogen and oxygen atoms in total. The summed E-state index contributed by atoms with van der Waals surface area (Å²) in [7, 11) is 0. The van der Waals surface area contributed by atoms with Crippen LogP contribution in [0.2, 0.25) is 0 Å². The first kappa shape index (κ1) is 18.0. The number of hydrogen-bond donors (Lipinski definition) is 1. The summed E-state index contributed by atoms with van der Waals surface area (Å²) in [6.07, 6.45) is 5.32. The zero-order chi connectivity index (χ0) is 17.0. The molecule has 4 heteroatoms. The Hall–Kier alpha value is -1.39. The second-order valence-corrected chi connectivity index (χ2v) is 7.01. The lowest BCUT2D eigenvalue weighted by Crippen LogP contribution is -2.29. The van der Waals surface area contributed by atoms with E-state index in [1.807, 2.05) is 13.0 Å². The van der Waals surface area contributed by atoms with Gasteiger partial charge in [0.2, 0.25) is 0 Å². The Labute approximate surface area is 138 Å². The standard InChI is InChI=1S/C19H28O4/c1-12(2)10-22-11-15-7-5-6-13(3)8-16(20)18-14(4)19(21)23-17(18)9-15/h7-8,12,16-18,20H,4-6,9-11H2,1-3H3. The zero-order valence-electron chi connectivity index (χ0n) is 14.4. The van der Waals surface area contributed by atoms with Crippen LogP contribution in [0.3, 0.4) is 0 Å². The number of fused-ring (bicyclic) bond motifs is 1. The SMILES string of the molecule is C=C1C(=O)OC2CC(COCC(C)C)=CCCC(C)=CC(O)C12. The second-order valence-electron chi connectivity index (χ2n) is 7.01. The maximum Gasteiger partial charge on any atom is 0.334 e. The molecule has 0 amide bonds. The number of rotatable bonds is 4. The van der Waals surface area contributed by atoms with E-state index in [0.29, 0.717) is 31.1 Å². The number of esters is 1. The van der Waals surface area contributed by atoms with Crippen molar-refractivity contribution in [3.63, 3.8) is 0 Å². The van der Waals surface area contributed by atoms with Gasteiger partial charge in [-0.15, -0.1) is 0 Å². The molecule has 0 radical (unpaired) electrons. The minimum Gasteiger partial charge on any atom is -0.458 e. The van der Waals surface area contributed by atoms with Crippen molar-refractivity contribution in [2.24, 2.45) is 11.8 Å². The summed E-state index contributed by atoms with van der Waals surface area (Å²) < 4.78 is 11.2. The highest BCUT2D eigenvalue weighted by Gasteiger charge is 2.42. The number of allylic oxidation sites excluding steroid dienone is 2. The van der Waals surface area contributed by atoms with E-state index in [2.05, 4.69) is 26.5 Å². The van der Waals surface area contributed by atoms with Gasteiger partial charge in [-0.05, 0) is 31.3 Å². The van der Waals surface area contributed by atoms with Crippen LogP contribution in [0.15, 0.2) is 35.5 Å². The number of hydrogen-bond acceptors (Lipinski definition) is 4. The zero-order valence-corrected chi connectivity index (χ0v) is 14.4. The van der Waals surface area contributed by atoms with Crippen LogP contribution in [0.1, 0.15) is 40.0 Å². The van der Waals surface area contributed by atoms with Crippen molar-refractivity contribution in [1.29, 1.82) is 0 Å². The molecule has 0 saturated carbocycles. The number of carbonyl (C=O) groups excluding carboxylic acids is 1. The van der Waals surface area contributed by atoms with Crippen LogP contribution in [0.4, 0.5) is 0 Å². The van der Waals surface area contributed by atoms with Crippen molar-refractivity contribution in [3.8, 4) is 0 Å². The van der Waals surface area contributed by atoms with Gasteiger partial charge in [0.25, 0.3) is 0 Å². The maximum absolute atomic E-state index is 11.9. The number of aliphatic hydroxyl groups excluding tert-OH is 1. The average Bonchev–Trinajstić information content (AvgIpc) is 2.72. The molecule has 1 heterocycles. The topological polar surface area (TPSA) is 55.8 Å². The summed E-state index contributed by atoms with van der Waals surface area (Å²) in [5, 5.41) is 10.5. The second kappa shape index (κ2) is 7.93. The summed E-state index contributed by atoms with van der Waals surface area (Å²) in [6.45, 7) is 11.3. The lowest BCUT2D eigenvalue weighted by Gasteiger charge is -2.24. The maximum atomic E-state index is 11.9. The Morgan fingerprint density at radius 1 is 1.48 bits per heavy atom. The Morgan fingerprint density at radius 3 is 2.91 bits per heavy atom. The van der Waals surface area contributed by atoms with Crippen molar-refractivity contribution in [1.82, 2.24) is 0 Å². The largest absolute Gasteiger partial charge is 0.458 e. The molecule has 1 saturated heterocycles. The average molecular weight is 320 g/mol. The molecule has 23 heavy (non-hydrogen) atoms. The van der Waals surface area contributed by atoms with Crippen LogP contribution in [0.5, 0.6) is 0 Å². The van der Waals surface area contributed by atoms with Crippen LogP contribution in [0.25, 0.3) is 0 Å². The third-order valence-corrected chi connectivity index (χ3v) is 4.32. The van der Waals surface area contributed by atoms with E-state index in [1.54, 1.807) is 0 Å². The summed E-state index contributed by atoms with van der Waals surface area (Å²) >= 11 is 0. The minimum atomic E-state index is -0.727. The molecule has 2 rings (SSSR count). The molecule has 3 atom stereocenters. The molecule has 2 aliphatic rings. The summed E-state index contributed by atoms with van der Waals surface area (Å²) in [4.78, 5) is 11.9. The molecule has 0 aromatic heterocycles. The molecular weight excluding hydrogens is 292 g/mol. The number of carbonyl (C=O) groups is 1. The first-order valence-corrected chi connectivity index (χ1v) is 8.39. The third kappa shape index (κ3) is 4.79.